The highest BCUT2D eigenvalue weighted by Crippen LogP contribution is 2.33. The molecule has 0 saturated heterocycles. The van der Waals surface area contributed by atoms with Gasteiger partial charge < -0.3 is 9.64 Å². The molecule has 1 saturated carbocycles. The number of hydrogen-bond acceptors (Lipinski definition) is 4. The molecular weight excluding hydrogens is 448 g/mol. The van der Waals surface area contributed by atoms with E-state index in [1.54, 1.807) is 46.6 Å². The van der Waals surface area contributed by atoms with Crippen molar-refractivity contribution in [3.63, 3.8) is 0 Å². The predicted molar refractivity (Wildman–Crippen MR) is 125 cm³/mol. The van der Waals surface area contributed by atoms with E-state index < -0.39 is 10.0 Å². The zero-order valence-corrected chi connectivity index (χ0v) is 19.8. The van der Waals surface area contributed by atoms with Gasteiger partial charge in [-0.25, -0.2) is 8.42 Å². The number of para-hydroxylation sites is 1. The summed E-state index contributed by atoms with van der Waals surface area (Å²) in [6, 6.07) is 13.4. The lowest BCUT2D eigenvalue weighted by molar-refractivity contribution is 0.0658. The van der Waals surface area contributed by atoms with E-state index in [-0.39, 0.29) is 22.9 Å². The first-order valence-electron chi connectivity index (χ1n) is 11.2. The number of hydrogen-bond donors (Lipinski definition) is 0. The Labute approximate surface area is 195 Å². The maximum atomic E-state index is 13.7. The molecule has 1 amide bonds. The molecule has 4 rings (SSSR count). The van der Waals surface area contributed by atoms with Crippen molar-refractivity contribution >= 4 is 27.5 Å². The molecule has 2 aromatic rings. The van der Waals surface area contributed by atoms with E-state index in [1.807, 2.05) is 12.1 Å². The van der Waals surface area contributed by atoms with Crippen molar-refractivity contribution in [2.75, 3.05) is 20.1 Å². The molecule has 6 nitrogen and oxygen atoms in total. The molecule has 1 fully saturated rings. The van der Waals surface area contributed by atoms with Crippen LogP contribution in [0.3, 0.4) is 0 Å². The smallest absolute Gasteiger partial charge is 0.257 e. The second kappa shape index (κ2) is 9.81. The molecule has 2 atom stereocenters. The molecule has 1 heterocycles. The van der Waals surface area contributed by atoms with Gasteiger partial charge in [0.2, 0.25) is 10.0 Å². The summed E-state index contributed by atoms with van der Waals surface area (Å²) in [5.41, 5.74) is 0.518. The first-order valence-corrected chi connectivity index (χ1v) is 13.0. The van der Waals surface area contributed by atoms with Crippen LogP contribution in [0.5, 0.6) is 5.75 Å². The van der Waals surface area contributed by atoms with E-state index in [1.165, 1.54) is 6.07 Å². The molecule has 8 heteroatoms. The number of sulfonamides is 1. The van der Waals surface area contributed by atoms with Gasteiger partial charge in [-0.1, -0.05) is 36.2 Å². The second-order valence-electron chi connectivity index (χ2n) is 8.51. The predicted octanol–water partition coefficient (Wildman–Crippen LogP) is 4.59. The molecular formula is C24H29ClN2O4S. The Morgan fingerprint density at radius 3 is 2.53 bits per heavy atom. The van der Waals surface area contributed by atoms with Crippen molar-refractivity contribution in [3.8, 4) is 5.75 Å². The van der Waals surface area contributed by atoms with E-state index in [0.717, 1.165) is 25.7 Å². The average Bonchev–Trinajstić information content (AvgIpc) is 2.79. The minimum Gasteiger partial charge on any atom is -0.488 e. The zero-order valence-electron chi connectivity index (χ0n) is 18.2. The van der Waals surface area contributed by atoms with Crippen LogP contribution in [0.25, 0.3) is 0 Å². The van der Waals surface area contributed by atoms with Crippen molar-refractivity contribution in [3.05, 3.63) is 59.1 Å². The third-order valence-corrected chi connectivity index (χ3v) is 8.46. The van der Waals surface area contributed by atoms with Gasteiger partial charge in [-0.2, -0.15) is 4.31 Å². The largest absolute Gasteiger partial charge is 0.488 e. The van der Waals surface area contributed by atoms with Gasteiger partial charge in [-0.3, -0.25) is 4.79 Å². The van der Waals surface area contributed by atoms with Crippen LogP contribution in [-0.2, 0) is 10.0 Å². The van der Waals surface area contributed by atoms with Crippen molar-refractivity contribution in [2.24, 2.45) is 0 Å². The van der Waals surface area contributed by atoms with Crippen LogP contribution in [0.2, 0.25) is 5.02 Å². The third kappa shape index (κ3) is 4.80. The van der Waals surface area contributed by atoms with Crippen LogP contribution in [0.15, 0.2) is 53.4 Å². The number of amides is 1. The summed E-state index contributed by atoms with van der Waals surface area (Å²) in [7, 11) is -1.98. The van der Waals surface area contributed by atoms with Gasteiger partial charge >= 0.3 is 0 Å². The van der Waals surface area contributed by atoms with Crippen molar-refractivity contribution in [2.45, 2.75) is 55.6 Å². The van der Waals surface area contributed by atoms with Gasteiger partial charge in [0.05, 0.1) is 16.5 Å². The number of halogens is 1. The fourth-order valence-electron chi connectivity index (χ4n) is 4.60. The third-order valence-electron chi connectivity index (χ3n) is 6.30. The Hall–Kier alpha value is -2.09. The number of nitrogens with zero attached hydrogens (tertiary/aromatic N) is 2. The maximum absolute atomic E-state index is 13.7. The summed E-state index contributed by atoms with van der Waals surface area (Å²) in [5.74, 6) is 0.443. The molecule has 2 aliphatic rings. The van der Waals surface area contributed by atoms with Gasteiger partial charge in [0.15, 0.2) is 0 Å². The summed E-state index contributed by atoms with van der Waals surface area (Å²) in [4.78, 5) is 14.9. The zero-order chi connectivity index (χ0) is 22.7. The minimum absolute atomic E-state index is 0.0723. The van der Waals surface area contributed by atoms with Gasteiger partial charge in [0, 0.05) is 25.2 Å². The SMILES string of the molecule is CN1CCCCN(S(=O)(=O)c2cccc(Cl)c2)[C@@H]2CCCC[C@@H]2Oc2ccccc2C1=O. The Morgan fingerprint density at radius 1 is 0.969 bits per heavy atom. The van der Waals surface area contributed by atoms with Gasteiger partial charge in [0.25, 0.3) is 5.91 Å². The lowest BCUT2D eigenvalue weighted by atomic mass is 9.92. The van der Waals surface area contributed by atoms with Gasteiger partial charge in [-0.15, -0.1) is 0 Å². The molecule has 0 aromatic heterocycles. The highest BCUT2D eigenvalue weighted by molar-refractivity contribution is 7.89. The Kier molecular flexibility index (Phi) is 7.08. The summed E-state index contributed by atoms with van der Waals surface area (Å²) in [6.45, 7) is 0.926. The Morgan fingerprint density at radius 2 is 1.72 bits per heavy atom. The summed E-state index contributed by atoms with van der Waals surface area (Å²) in [5, 5.41) is 0.394. The molecule has 0 radical (unpaired) electrons. The van der Waals surface area contributed by atoms with E-state index >= 15 is 0 Å². The quantitative estimate of drug-likeness (QED) is 0.636. The second-order valence-corrected chi connectivity index (χ2v) is 10.8. The number of ether oxygens (including phenoxy) is 1. The highest BCUT2D eigenvalue weighted by atomic mass is 35.5. The molecule has 0 spiro atoms. The number of carbonyl (C=O) groups is 1. The minimum atomic E-state index is -3.76. The van der Waals surface area contributed by atoms with Crippen LogP contribution in [0, 0.1) is 0 Å². The normalized spacial score (nSPS) is 23.3. The standard InChI is InChI=1S/C24H29ClN2O4S/c1-26-15-6-7-16-27(32(29,30)19-10-8-9-18(25)17-19)21-12-3-5-14-23(21)31-22-13-4-2-11-20(22)24(26)28/h2,4,8-11,13,17,21,23H,3,5-7,12,14-16H2,1H3/t21-,23+/m1/s1. The highest BCUT2D eigenvalue weighted by Gasteiger charge is 2.39. The molecule has 0 unspecified atom stereocenters. The Balaban J connectivity index is 1.75. The van der Waals surface area contributed by atoms with E-state index in [9.17, 15) is 13.2 Å². The molecule has 2 aromatic carbocycles. The number of carbonyl (C=O) groups excluding carboxylic acids is 1. The van der Waals surface area contributed by atoms with Crippen LogP contribution in [-0.4, -0.2) is 55.8 Å². The molecule has 0 N–H and O–H groups in total. The number of benzene rings is 2. The van der Waals surface area contributed by atoms with Crippen molar-refractivity contribution in [1.29, 1.82) is 0 Å². The van der Waals surface area contributed by atoms with Gasteiger partial charge in [-0.05, 0) is 62.4 Å². The average molecular weight is 477 g/mol. The topological polar surface area (TPSA) is 66.9 Å². The van der Waals surface area contributed by atoms with Crippen LogP contribution in [0.1, 0.15) is 48.9 Å². The van der Waals surface area contributed by atoms with E-state index in [0.29, 0.717) is 42.3 Å². The summed E-state index contributed by atoms with van der Waals surface area (Å²) < 4.78 is 35.5. The van der Waals surface area contributed by atoms with E-state index in [2.05, 4.69) is 0 Å². The number of rotatable bonds is 2. The lowest BCUT2D eigenvalue weighted by Crippen LogP contribution is -2.51. The van der Waals surface area contributed by atoms with Crippen molar-refractivity contribution in [1.82, 2.24) is 9.21 Å². The van der Waals surface area contributed by atoms with Crippen LogP contribution in [0.4, 0.5) is 0 Å². The van der Waals surface area contributed by atoms with Gasteiger partial charge in [0.1, 0.15) is 11.9 Å². The number of fused-ring (bicyclic) bond motifs is 2. The van der Waals surface area contributed by atoms with Crippen LogP contribution >= 0.6 is 11.6 Å². The fourth-order valence-corrected chi connectivity index (χ4v) is 6.62. The first-order chi connectivity index (χ1) is 15.4. The fraction of sp³-hybridized carbons (Fsp3) is 0.458. The summed E-state index contributed by atoms with van der Waals surface area (Å²) >= 11 is 6.11. The maximum Gasteiger partial charge on any atom is 0.257 e. The van der Waals surface area contributed by atoms with E-state index in [4.69, 9.17) is 16.3 Å². The monoisotopic (exact) mass is 476 g/mol. The van der Waals surface area contributed by atoms with Crippen LogP contribution < -0.4 is 4.74 Å². The first kappa shape index (κ1) is 23.1. The summed E-state index contributed by atoms with van der Waals surface area (Å²) in [6.07, 6.45) is 4.41. The molecule has 172 valence electrons. The molecule has 0 bridgehead atoms. The molecule has 32 heavy (non-hydrogen) atoms. The van der Waals surface area contributed by atoms with Crippen molar-refractivity contribution < 1.29 is 17.9 Å². The molecule has 1 aliphatic carbocycles. The molecule has 1 aliphatic heterocycles. The lowest BCUT2D eigenvalue weighted by Gasteiger charge is -2.39. The Bertz CT molecular complexity index is 1080.